The predicted octanol–water partition coefficient (Wildman–Crippen LogP) is -0.354. The Morgan fingerprint density at radius 3 is 3.09 bits per heavy atom. The standard InChI is InChI=1S/C16H25N5O/c1-3-13(22)20-11(2)4-6-16(7-8-16)21-15-12-5-9-17-14(12)18-10-19-15/h3,5,9,11,13,19-22H,1,4,6-8,10H2,2H3,(H,17,18)/t11-,13-/m0/s1. The second-order valence-electron chi connectivity index (χ2n) is 6.30. The van der Waals surface area contributed by atoms with Crippen LogP contribution in [-0.2, 0) is 0 Å². The quantitative estimate of drug-likeness (QED) is 0.336. The van der Waals surface area contributed by atoms with Crippen LogP contribution in [-0.4, -0.2) is 34.6 Å². The van der Waals surface area contributed by atoms with Gasteiger partial charge in [0.2, 0.25) is 0 Å². The van der Waals surface area contributed by atoms with Crippen molar-refractivity contribution in [2.75, 3.05) is 6.67 Å². The lowest BCUT2D eigenvalue weighted by Crippen LogP contribution is -2.46. The molecule has 1 aromatic heterocycles. The molecule has 6 heteroatoms. The Morgan fingerprint density at radius 2 is 2.36 bits per heavy atom. The van der Waals surface area contributed by atoms with Gasteiger partial charge in [-0.25, -0.2) is 4.99 Å². The number of aliphatic hydroxyl groups is 1. The fourth-order valence-electron chi connectivity index (χ4n) is 2.89. The van der Waals surface area contributed by atoms with Gasteiger partial charge in [-0.15, -0.1) is 0 Å². The predicted molar refractivity (Wildman–Crippen MR) is 86.1 cm³/mol. The van der Waals surface area contributed by atoms with Gasteiger partial charge >= 0.3 is 0 Å². The molecule has 0 aromatic carbocycles. The molecule has 2 aliphatic rings. The highest BCUT2D eigenvalue weighted by molar-refractivity contribution is 5.43. The second-order valence-corrected chi connectivity index (χ2v) is 6.30. The smallest absolute Gasteiger partial charge is 0.137 e. The van der Waals surface area contributed by atoms with Gasteiger partial charge in [0.15, 0.2) is 0 Å². The summed E-state index contributed by atoms with van der Waals surface area (Å²) in [6.45, 7) is 6.28. The molecular formula is C16H25N5O. The molecule has 0 amide bonds. The normalized spacial score (nSPS) is 21.1. The van der Waals surface area contributed by atoms with Crippen molar-refractivity contribution < 1.29 is 5.11 Å². The Hall–Kier alpha value is -1.79. The molecule has 1 saturated carbocycles. The summed E-state index contributed by atoms with van der Waals surface area (Å²) in [5.74, 6) is 1.08. The van der Waals surface area contributed by atoms with Crippen molar-refractivity contribution in [1.82, 2.24) is 20.9 Å². The maximum atomic E-state index is 9.55. The van der Waals surface area contributed by atoms with Crippen LogP contribution in [0.4, 0.5) is 0 Å². The molecule has 1 fully saturated rings. The van der Waals surface area contributed by atoms with Crippen LogP contribution >= 0.6 is 0 Å². The molecule has 1 aliphatic heterocycles. The third-order valence-corrected chi connectivity index (χ3v) is 4.47. The van der Waals surface area contributed by atoms with Crippen molar-refractivity contribution in [3.8, 4) is 0 Å². The first-order valence-corrected chi connectivity index (χ1v) is 7.93. The Bertz CT molecular complexity index is 646. The molecule has 6 nitrogen and oxygen atoms in total. The Kier molecular flexibility index (Phi) is 4.22. The lowest BCUT2D eigenvalue weighted by Gasteiger charge is -2.25. The SMILES string of the molecule is C=C[C@H](O)N[C@@H](C)CCC1(NC2=c3cc[nH]c3=NCN2)CC1. The molecule has 3 rings (SSSR count). The van der Waals surface area contributed by atoms with Crippen molar-refractivity contribution in [2.24, 2.45) is 4.99 Å². The lowest BCUT2D eigenvalue weighted by atomic mass is 10.1. The first-order chi connectivity index (χ1) is 10.6. The van der Waals surface area contributed by atoms with Crippen LogP contribution in [0.5, 0.6) is 0 Å². The highest BCUT2D eigenvalue weighted by atomic mass is 16.3. The highest BCUT2D eigenvalue weighted by Gasteiger charge is 2.43. The van der Waals surface area contributed by atoms with Crippen LogP contribution in [0.15, 0.2) is 29.9 Å². The number of hydrogen-bond donors (Lipinski definition) is 5. The first-order valence-electron chi connectivity index (χ1n) is 7.93. The maximum Gasteiger partial charge on any atom is 0.137 e. The number of aliphatic hydroxyl groups excluding tert-OH is 1. The second kappa shape index (κ2) is 6.14. The maximum absolute atomic E-state index is 9.55. The van der Waals surface area contributed by atoms with E-state index in [4.69, 9.17) is 0 Å². The molecule has 0 radical (unpaired) electrons. The number of hydrogen-bond acceptors (Lipinski definition) is 5. The summed E-state index contributed by atoms with van der Waals surface area (Å²) in [6, 6.07) is 2.31. The zero-order chi connectivity index (χ0) is 15.6. The van der Waals surface area contributed by atoms with Crippen molar-refractivity contribution >= 4 is 5.82 Å². The van der Waals surface area contributed by atoms with E-state index in [0.717, 1.165) is 29.4 Å². The van der Waals surface area contributed by atoms with Crippen LogP contribution in [0.3, 0.4) is 0 Å². The number of fused-ring (bicyclic) bond motifs is 1. The number of aromatic amines is 1. The molecule has 0 spiro atoms. The van der Waals surface area contributed by atoms with Crippen molar-refractivity contribution in [3.05, 3.63) is 35.6 Å². The van der Waals surface area contributed by atoms with Gasteiger partial charge in [-0.2, -0.15) is 0 Å². The van der Waals surface area contributed by atoms with Crippen LogP contribution in [0.25, 0.3) is 5.82 Å². The van der Waals surface area contributed by atoms with Gasteiger partial charge in [0.25, 0.3) is 0 Å². The fraction of sp³-hybridized carbons (Fsp3) is 0.562. The summed E-state index contributed by atoms with van der Waals surface area (Å²) in [5.41, 5.74) is 1.13. The summed E-state index contributed by atoms with van der Waals surface area (Å²) in [6.07, 6.45) is 7.27. The average Bonchev–Trinajstić information content (AvgIpc) is 3.09. The number of rotatable bonds is 8. The molecule has 22 heavy (non-hydrogen) atoms. The topological polar surface area (TPSA) is 84.5 Å². The van der Waals surface area contributed by atoms with Crippen molar-refractivity contribution in [2.45, 2.75) is 50.4 Å². The van der Waals surface area contributed by atoms with Gasteiger partial charge < -0.3 is 20.7 Å². The molecule has 1 aliphatic carbocycles. The third kappa shape index (κ3) is 3.34. The Morgan fingerprint density at radius 1 is 1.55 bits per heavy atom. The molecule has 0 bridgehead atoms. The monoisotopic (exact) mass is 303 g/mol. The molecule has 2 heterocycles. The summed E-state index contributed by atoms with van der Waals surface area (Å²) in [4.78, 5) is 7.55. The van der Waals surface area contributed by atoms with Gasteiger partial charge in [-0.3, -0.25) is 5.32 Å². The molecule has 2 atom stereocenters. The van der Waals surface area contributed by atoms with Gasteiger partial charge in [0.1, 0.15) is 24.2 Å². The number of aromatic nitrogens is 1. The van der Waals surface area contributed by atoms with E-state index >= 15 is 0 Å². The largest absolute Gasteiger partial charge is 0.375 e. The zero-order valence-corrected chi connectivity index (χ0v) is 13.0. The first kappa shape index (κ1) is 15.1. The van der Waals surface area contributed by atoms with Gasteiger partial charge in [-0.1, -0.05) is 6.58 Å². The molecule has 1 aromatic rings. The van der Waals surface area contributed by atoms with Gasteiger partial charge in [0.05, 0.1) is 5.22 Å². The number of nitrogens with one attached hydrogen (secondary N) is 4. The minimum absolute atomic E-state index is 0.184. The van der Waals surface area contributed by atoms with Gasteiger partial charge in [-0.05, 0) is 44.7 Å². The molecule has 0 saturated heterocycles. The number of H-pyrrole nitrogens is 1. The summed E-state index contributed by atoms with van der Waals surface area (Å²) in [7, 11) is 0. The fourth-order valence-corrected chi connectivity index (χ4v) is 2.89. The Balaban J connectivity index is 1.60. The van der Waals surface area contributed by atoms with E-state index in [2.05, 4.69) is 39.4 Å². The minimum atomic E-state index is -0.628. The summed E-state index contributed by atoms with van der Waals surface area (Å²) >= 11 is 0. The zero-order valence-electron chi connectivity index (χ0n) is 13.0. The van der Waals surface area contributed by atoms with E-state index < -0.39 is 6.23 Å². The van der Waals surface area contributed by atoms with E-state index in [0.29, 0.717) is 6.67 Å². The van der Waals surface area contributed by atoms with Crippen LogP contribution in [0.2, 0.25) is 0 Å². The van der Waals surface area contributed by atoms with Crippen LogP contribution in [0.1, 0.15) is 32.6 Å². The molecule has 120 valence electrons. The van der Waals surface area contributed by atoms with E-state index in [1.165, 1.54) is 18.9 Å². The van der Waals surface area contributed by atoms with E-state index in [-0.39, 0.29) is 11.6 Å². The molecule has 5 N–H and O–H groups in total. The summed E-state index contributed by atoms with van der Waals surface area (Å²) < 4.78 is 0. The van der Waals surface area contributed by atoms with Crippen LogP contribution in [0, 0.1) is 0 Å². The van der Waals surface area contributed by atoms with Gasteiger partial charge in [0, 0.05) is 17.8 Å². The highest BCUT2D eigenvalue weighted by Crippen LogP contribution is 2.40. The molecular weight excluding hydrogens is 278 g/mol. The van der Waals surface area contributed by atoms with E-state index in [1.807, 2.05) is 12.3 Å². The Labute approximate surface area is 130 Å². The number of nitrogens with zero attached hydrogens (tertiary/aromatic N) is 1. The minimum Gasteiger partial charge on any atom is -0.375 e. The third-order valence-electron chi connectivity index (χ3n) is 4.47. The van der Waals surface area contributed by atoms with Crippen molar-refractivity contribution in [3.63, 3.8) is 0 Å². The molecule has 0 unspecified atom stereocenters. The average molecular weight is 303 g/mol. The van der Waals surface area contributed by atoms with Crippen LogP contribution < -0.4 is 26.7 Å². The van der Waals surface area contributed by atoms with Crippen molar-refractivity contribution in [1.29, 1.82) is 0 Å². The lowest BCUT2D eigenvalue weighted by molar-refractivity contribution is 0.167. The van der Waals surface area contributed by atoms with E-state index in [1.54, 1.807) is 0 Å². The summed E-state index contributed by atoms with van der Waals surface area (Å²) in [5, 5.41) is 20.8. The van der Waals surface area contributed by atoms with E-state index in [9.17, 15) is 5.11 Å².